The standard InChI is InChI=1S/C17H23NO5S/c1-13-5-7-14(8-6-13)24(22,23)15-9-10-16(20)18(17(15)21)11-3-2-4-12-19/h5-8,15,19H,2-4,9-12H2,1H3. The number of sulfone groups is 1. The fraction of sp³-hybridized carbons (Fsp3) is 0.529. The van der Waals surface area contributed by atoms with Crippen LogP contribution in [-0.2, 0) is 19.4 Å². The third-order valence-corrected chi connectivity index (χ3v) is 6.34. The van der Waals surface area contributed by atoms with Gasteiger partial charge >= 0.3 is 0 Å². The third-order valence-electron chi connectivity index (χ3n) is 4.23. The summed E-state index contributed by atoms with van der Waals surface area (Å²) in [5.74, 6) is -0.949. The Hall–Kier alpha value is -1.73. The van der Waals surface area contributed by atoms with Gasteiger partial charge < -0.3 is 5.11 Å². The molecule has 6 nitrogen and oxygen atoms in total. The van der Waals surface area contributed by atoms with E-state index in [4.69, 9.17) is 5.11 Å². The SMILES string of the molecule is Cc1ccc(S(=O)(=O)C2CCC(=O)N(CCCCCO)C2=O)cc1. The molecule has 132 valence electrons. The lowest BCUT2D eigenvalue weighted by Gasteiger charge is -2.30. The van der Waals surface area contributed by atoms with Crippen molar-refractivity contribution in [2.24, 2.45) is 0 Å². The molecule has 0 spiro atoms. The summed E-state index contributed by atoms with van der Waals surface area (Å²) >= 11 is 0. The molecule has 0 aliphatic carbocycles. The quantitative estimate of drug-likeness (QED) is 0.592. The molecule has 2 rings (SSSR count). The Morgan fingerprint density at radius 1 is 1.12 bits per heavy atom. The first-order valence-corrected chi connectivity index (χ1v) is 9.68. The van der Waals surface area contributed by atoms with E-state index < -0.39 is 21.0 Å². The van der Waals surface area contributed by atoms with Gasteiger partial charge in [0.25, 0.3) is 0 Å². The van der Waals surface area contributed by atoms with Gasteiger partial charge in [-0.2, -0.15) is 0 Å². The summed E-state index contributed by atoms with van der Waals surface area (Å²) in [6.07, 6.45) is 1.93. The number of likely N-dealkylation sites (tertiary alicyclic amines) is 1. The molecule has 1 atom stereocenters. The molecule has 1 heterocycles. The number of hydrogen-bond donors (Lipinski definition) is 1. The van der Waals surface area contributed by atoms with Gasteiger partial charge in [0, 0.05) is 19.6 Å². The maximum atomic E-state index is 12.7. The van der Waals surface area contributed by atoms with E-state index in [1.54, 1.807) is 12.1 Å². The highest BCUT2D eigenvalue weighted by Gasteiger charge is 2.42. The molecule has 1 aromatic rings. The Labute approximate surface area is 142 Å². The molecule has 1 aliphatic rings. The first-order valence-electron chi connectivity index (χ1n) is 8.13. The summed E-state index contributed by atoms with van der Waals surface area (Å²) in [6.45, 7) is 2.12. The van der Waals surface area contributed by atoms with Crippen molar-refractivity contribution in [2.45, 2.75) is 49.2 Å². The summed E-state index contributed by atoms with van der Waals surface area (Å²) in [7, 11) is -3.80. The summed E-state index contributed by atoms with van der Waals surface area (Å²) in [5, 5.41) is 7.58. The zero-order valence-electron chi connectivity index (χ0n) is 13.8. The van der Waals surface area contributed by atoms with Gasteiger partial charge in [-0.1, -0.05) is 17.7 Å². The fourth-order valence-electron chi connectivity index (χ4n) is 2.78. The Kier molecular flexibility index (Phi) is 6.12. The number of rotatable bonds is 7. The van der Waals surface area contributed by atoms with Crippen LogP contribution in [0.25, 0.3) is 0 Å². The predicted molar refractivity (Wildman–Crippen MR) is 89.0 cm³/mol. The number of piperidine rings is 1. The molecule has 0 aromatic heterocycles. The van der Waals surface area contributed by atoms with Crippen molar-refractivity contribution >= 4 is 21.7 Å². The minimum atomic E-state index is -3.80. The van der Waals surface area contributed by atoms with Crippen LogP contribution in [0, 0.1) is 6.92 Å². The maximum absolute atomic E-state index is 12.7. The summed E-state index contributed by atoms with van der Waals surface area (Å²) in [4.78, 5) is 25.7. The number of hydrogen-bond acceptors (Lipinski definition) is 5. The molecule has 1 unspecified atom stereocenters. The summed E-state index contributed by atoms with van der Waals surface area (Å²) in [5.41, 5.74) is 0.935. The lowest BCUT2D eigenvalue weighted by atomic mass is 10.1. The van der Waals surface area contributed by atoms with E-state index in [0.717, 1.165) is 10.5 Å². The van der Waals surface area contributed by atoms with E-state index >= 15 is 0 Å². The topological polar surface area (TPSA) is 91.8 Å². The van der Waals surface area contributed by atoms with Crippen LogP contribution >= 0.6 is 0 Å². The Balaban J connectivity index is 2.16. The zero-order chi connectivity index (χ0) is 17.7. The molecule has 24 heavy (non-hydrogen) atoms. The second-order valence-corrected chi connectivity index (χ2v) is 8.18. The van der Waals surface area contributed by atoms with Crippen molar-refractivity contribution in [1.29, 1.82) is 0 Å². The molecular weight excluding hydrogens is 330 g/mol. The van der Waals surface area contributed by atoms with Crippen LogP contribution in [0.1, 0.15) is 37.7 Å². The number of unbranched alkanes of at least 4 members (excludes halogenated alkanes) is 2. The van der Waals surface area contributed by atoms with E-state index in [9.17, 15) is 18.0 Å². The van der Waals surface area contributed by atoms with Crippen LogP contribution in [0.2, 0.25) is 0 Å². The normalized spacial score (nSPS) is 18.9. The highest BCUT2D eigenvalue weighted by atomic mass is 32.2. The van der Waals surface area contributed by atoms with Crippen LogP contribution in [0.3, 0.4) is 0 Å². The van der Waals surface area contributed by atoms with Crippen molar-refractivity contribution in [3.63, 3.8) is 0 Å². The van der Waals surface area contributed by atoms with E-state index in [1.165, 1.54) is 12.1 Å². The van der Waals surface area contributed by atoms with Gasteiger partial charge in [0.2, 0.25) is 11.8 Å². The minimum absolute atomic E-state index is 0.0288. The lowest BCUT2D eigenvalue weighted by Crippen LogP contribution is -2.50. The smallest absolute Gasteiger partial charge is 0.247 e. The van der Waals surface area contributed by atoms with E-state index in [2.05, 4.69) is 0 Å². The number of aliphatic hydroxyl groups is 1. The molecule has 1 aromatic carbocycles. The molecule has 0 radical (unpaired) electrons. The second kappa shape index (κ2) is 7.90. The van der Waals surface area contributed by atoms with Crippen LogP contribution in [0.15, 0.2) is 29.2 Å². The van der Waals surface area contributed by atoms with Crippen LogP contribution in [-0.4, -0.2) is 48.6 Å². The van der Waals surface area contributed by atoms with Crippen molar-refractivity contribution in [1.82, 2.24) is 4.90 Å². The number of imide groups is 1. The van der Waals surface area contributed by atoms with E-state index in [1.807, 2.05) is 6.92 Å². The van der Waals surface area contributed by atoms with Crippen LogP contribution in [0.5, 0.6) is 0 Å². The number of amides is 2. The minimum Gasteiger partial charge on any atom is -0.396 e. The van der Waals surface area contributed by atoms with Crippen molar-refractivity contribution in [2.75, 3.05) is 13.2 Å². The second-order valence-electron chi connectivity index (χ2n) is 6.05. The largest absolute Gasteiger partial charge is 0.396 e. The molecule has 2 amide bonds. The lowest BCUT2D eigenvalue weighted by molar-refractivity contribution is -0.147. The van der Waals surface area contributed by atoms with Gasteiger partial charge in [0.1, 0.15) is 5.25 Å². The van der Waals surface area contributed by atoms with Crippen molar-refractivity contribution < 1.29 is 23.1 Å². The molecule has 0 saturated carbocycles. The number of nitrogens with zero attached hydrogens (tertiary/aromatic N) is 1. The van der Waals surface area contributed by atoms with Gasteiger partial charge in [0.05, 0.1) is 4.90 Å². The number of carbonyl (C=O) groups is 2. The molecule has 1 N–H and O–H groups in total. The summed E-state index contributed by atoms with van der Waals surface area (Å²) in [6, 6.07) is 6.38. The predicted octanol–water partition coefficient (Wildman–Crippen LogP) is 1.45. The highest BCUT2D eigenvalue weighted by Crippen LogP contribution is 2.26. The number of carbonyl (C=O) groups excluding carboxylic acids is 2. The average Bonchev–Trinajstić information content (AvgIpc) is 2.54. The Morgan fingerprint density at radius 3 is 2.42 bits per heavy atom. The van der Waals surface area contributed by atoms with Crippen molar-refractivity contribution in [3.8, 4) is 0 Å². The summed E-state index contributed by atoms with van der Waals surface area (Å²) < 4.78 is 25.5. The molecule has 7 heteroatoms. The fourth-order valence-corrected chi connectivity index (χ4v) is 4.45. The van der Waals surface area contributed by atoms with Gasteiger partial charge in [0.15, 0.2) is 9.84 Å². The van der Waals surface area contributed by atoms with Gasteiger partial charge in [-0.3, -0.25) is 14.5 Å². The van der Waals surface area contributed by atoms with Crippen LogP contribution < -0.4 is 0 Å². The highest BCUT2D eigenvalue weighted by molar-refractivity contribution is 7.92. The molecule has 1 fully saturated rings. The van der Waals surface area contributed by atoms with Gasteiger partial charge in [-0.25, -0.2) is 8.42 Å². The first kappa shape index (κ1) is 18.6. The van der Waals surface area contributed by atoms with Gasteiger partial charge in [-0.15, -0.1) is 0 Å². The molecular formula is C17H23NO5S. The third kappa shape index (κ3) is 4.02. The van der Waals surface area contributed by atoms with E-state index in [-0.39, 0.29) is 36.8 Å². The maximum Gasteiger partial charge on any atom is 0.247 e. The molecule has 1 aliphatic heterocycles. The van der Waals surface area contributed by atoms with Crippen LogP contribution in [0.4, 0.5) is 0 Å². The first-order chi connectivity index (χ1) is 11.4. The Bertz CT molecular complexity index is 696. The number of aryl methyl sites for hydroxylation is 1. The molecule has 1 saturated heterocycles. The average molecular weight is 353 g/mol. The number of benzene rings is 1. The molecule has 0 bridgehead atoms. The number of aliphatic hydroxyl groups excluding tert-OH is 1. The van der Waals surface area contributed by atoms with Gasteiger partial charge in [-0.05, 0) is 44.7 Å². The Morgan fingerprint density at radius 2 is 1.79 bits per heavy atom. The van der Waals surface area contributed by atoms with E-state index in [0.29, 0.717) is 19.3 Å². The monoisotopic (exact) mass is 353 g/mol. The van der Waals surface area contributed by atoms with Crippen molar-refractivity contribution in [3.05, 3.63) is 29.8 Å². The zero-order valence-corrected chi connectivity index (χ0v) is 14.6.